The molecule has 0 saturated heterocycles. The van der Waals surface area contributed by atoms with Gasteiger partial charge in [-0.3, -0.25) is 5.10 Å². The SMILES string of the molecule is Fc1cc(OCC2CC2)cc2[nH]ncc12. The number of nitrogens with zero attached hydrogens (tertiary/aromatic N) is 1. The van der Waals surface area contributed by atoms with Crippen LogP contribution < -0.4 is 4.74 Å². The van der Waals surface area contributed by atoms with E-state index in [0.29, 0.717) is 29.2 Å². The van der Waals surface area contributed by atoms with Crippen LogP contribution in [0.15, 0.2) is 18.3 Å². The summed E-state index contributed by atoms with van der Waals surface area (Å²) in [5.41, 5.74) is 0.681. The summed E-state index contributed by atoms with van der Waals surface area (Å²) in [6, 6.07) is 3.20. The quantitative estimate of drug-likeness (QED) is 0.837. The van der Waals surface area contributed by atoms with Crippen molar-refractivity contribution >= 4 is 10.9 Å². The minimum absolute atomic E-state index is 0.285. The Hall–Kier alpha value is -1.58. The van der Waals surface area contributed by atoms with Gasteiger partial charge in [-0.05, 0) is 18.8 Å². The normalized spacial score (nSPS) is 15.8. The van der Waals surface area contributed by atoms with E-state index in [-0.39, 0.29) is 5.82 Å². The van der Waals surface area contributed by atoms with E-state index in [9.17, 15) is 4.39 Å². The fraction of sp³-hybridized carbons (Fsp3) is 0.364. The van der Waals surface area contributed by atoms with E-state index in [0.717, 1.165) is 0 Å². The molecule has 1 aromatic carbocycles. The molecule has 3 rings (SSSR count). The summed E-state index contributed by atoms with van der Waals surface area (Å²) < 4.78 is 19.0. The van der Waals surface area contributed by atoms with E-state index in [1.165, 1.54) is 25.1 Å². The van der Waals surface area contributed by atoms with Crippen LogP contribution in [-0.2, 0) is 0 Å². The maximum atomic E-state index is 13.5. The van der Waals surface area contributed by atoms with Crippen LogP contribution in [0, 0.1) is 11.7 Å². The molecular weight excluding hydrogens is 195 g/mol. The Kier molecular flexibility index (Phi) is 1.87. The largest absolute Gasteiger partial charge is 0.493 e. The van der Waals surface area contributed by atoms with Gasteiger partial charge in [-0.25, -0.2) is 4.39 Å². The van der Waals surface area contributed by atoms with Crippen molar-refractivity contribution in [3.63, 3.8) is 0 Å². The van der Waals surface area contributed by atoms with Crippen molar-refractivity contribution in [2.45, 2.75) is 12.8 Å². The summed E-state index contributed by atoms with van der Waals surface area (Å²) in [6.45, 7) is 0.694. The molecule has 0 atom stereocenters. The molecule has 1 aliphatic rings. The molecule has 4 heteroatoms. The molecule has 0 aliphatic heterocycles. The van der Waals surface area contributed by atoms with Gasteiger partial charge < -0.3 is 4.74 Å². The summed E-state index contributed by atoms with van der Waals surface area (Å²) in [5, 5.41) is 7.03. The molecule has 1 saturated carbocycles. The van der Waals surface area contributed by atoms with Crippen molar-refractivity contribution in [2.24, 2.45) is 5.92 Å². The third-order valence-electron chi connectivity index (χ3n) is 2.66. The zero-order valence-corrected chi connectivity index (χ0v) is 8.16. The van der Waals surface area contributed by atoms with Crippen LogP contribution in [0.3, 0.4) is 0 Å². The Balaban J connectivity index is 1.89. The fourth-order valence-electron chi connectivity index (χ4n) is 1.56. The van der Waals surface area contributed by atoms with E-state index in [4.69, 9.17) is 4.74 Å². The van der Waals surface area contributed by atoms with E-state index in [1.807, 2.05) is 0 Å². The van der Waals surface area contributed by atoms with Crippen molar-refractivity contribution in [3.8, 4) is 5.75 Å². The van der Waals surface area contributed by atoms with Crippen molar-refractivity contribution in [2.75, 3.05) is 6.61 Å². The van der Waals surface area contributed by atoms with Crippen molar-refractivity contribution in [3.05, 3.63) is 24.1 Å². The predicted molar refractivity (Wildman–Crippen MR) is 54.3 cm³/mol. The van der Waals surface area contributed by atoms with Crippen molar-refractivity contribution < 1.29 is 9.13 Å². The van der Waals surface area contributed by atoms with E-state index >= 15 is 0 Å². The molecular formula is C11H11FN2O. The third-order valence-corrected chi connectivity index (χ3v) is 2.66. The molecule has 2 aromatic rings. The average Bonchev–Trinajstić information content (AvgIpc) is 2.93. The third kappa shape index (κ3) is 1.67. The number of aromatic nitrogens is 2. The van der Waals surface area contributed by atoms with Gasteiger partial charge in [-0.15, -0.1) is 0 Å². The van der Waals surface area contributed by atoms with Crippen LogP contribution in [-0.4, -0.2) is 16.8 Å². The van der Waals surface area contributed by atoms with Crippen LogP contribution in [0.5, 0.6) is 5.75 Å². The van der Waals surface area contributed by atoms with Crippen LogP contribution in [0.25, 0.3) is 10.9 Å². The van der Waals surface area contributed by atoms with Crippen LogP contribution in [0.4, 0.5) is 4.39 Å². The van der Waals surface area contributed by atoms with Gasteiger partial charge in [0.05, 0.1) is 23.7 Å². The van der Waals surface area contributed by atoms with Gasteiger partial charge in [0, 0.05) is 12.1 Å². The molecule has 1 heterocycles. The molecule has 0 amide bonds. The second-order valence-corrected chi connectivity index (χ2v) is 3.99. The number of hydrogen-bond donors (Lipinski definition) is 1. The first-order chi connectivity index (χ1) is 7.33. The summed E-state index contributed by atoms with van der Waals surface area (Å²) in [7, 11) is 0. The predicted octanol–water partition coefficient (Wildman–Crippen LogP) is 2.49. The van der Waals surface area contributed by atoms with Crippen LogP contribution in [0.2, 0.25) is 0 Å². The molecule has 15 heavy (non-hydrogen) atoms. The lowest BCUT2D eigenvalue weighted by Gasteiger charge is -2.05. The van der Waals surface area contributed by atoms with Crippen LogP contribution in [0.1, 0.15) is 12.8 Å². The maximum Gasteiger partial charge on any atom is 0.137 e. The minimum atomic E-state index is -0.285. The van der Waals surface area contributed by atoms with Gasteiger partial charge >= 0.3 is 0 Å². The highest BCUT2D eigenvalue weighted by Crippen LogP contribution is 2.30. The number of aromatic amines is 1. The van der Waals surface area contributed by atoms with E-state index in [1.54, 1.807) is 6.07 Å². The van der Waals surface area contributed by atoms with Crippen molar-refractivity contribution in [1.82, 2.24) is 10.2 Å². The van der Waals surface area contributed by atoms with Gasteiger partial charge in [0.25, 0.3) is 0 Å². The van der Waals surface area contributed by atoms with Gasteiger partial charge in [-0.1, -0.05) is 0 Å². The molecule has 0 bridgehead atoms. The molecule has 1 aromatic heterocycles. The molecule has 1 fully saturated rings. The van der Waals surface area contributed by atoms with Crippen LogP contribution >= 0.6 is 0 Å². The molecule has 0 radical (unpaired) electrons. The van der Waals surface area contributed by atoms with Gasteiger partial charge in [0.15, 0.2) is 0 Å². The number of rotatable bonds is 3. The van der Waals surface area contributed by atoms with E-state index in [2.05, 4.69) is 10.2 Å². The highest BCUT2D eigenvalue weighted by Gasteiger charge is 2.22. The number of fused-ring (bicyclic) bond motifs is 1. The second kappa shape index (κ2) is 3.22. The molecule has 0 spiro atoms. The Morgan fingerprint density at radius 3 is 3.13 bits per heavy atom. The molecule has 0 unspecified atom stereocenters. The molecule has 1 N–H and O–H groups in total. The lowest BCUT2D eigenvalue weighted by molar-refractivity contribution is 0.299. The van der Waals surface area contributed by atoms with Gasteiger partial charge in [0.1, 0.15) is 11.6 Å². The average molecular weight is 206 g/mol. The second-order valence-electron chi connectivity index (χ2n) is 3.99. The number of H-pyrrole nitrogens is 1. The number of benzene rings is 1. The first kappa shape index (κ1) is 8.71. The standard InChI is InChI=1S/C11H11FN2O/c12-10-3-8(15-6-7-1-2-7)4-11-9(10)5-13-14-11/h3-5,7H,1-2,6H2,(H,13,14). The monoisotopic (exact) mass is 206 g/mol. The van der Waals surface area contributed by atoms with Crippen molar-refractivity contribution in [1.29, 1.82) is 0 Å². The highest BCUT2D eigenvalue weighted by molar-refractivity contribution is 5.80. The smallest absolute Gasteiger partial charge is 0.137 e. The Morgan fingerprint density at radius 2 is 2.33 bits per heavy atom. The minimum Gasteiger partial charge on any atom is -0.493 e. The maximum absolute atomic E-state index is 13.5. The number of hydrogen-bond acceptors (Lipinski definition) is 2. The van der Waals surface area contributed by atoms with E-state index < -0.39 is 0 Å². The summed E-state index contributed by atoms with van der Waals surface area (Å²) in [4.78, 5) is 0. The zero-order valence-electron chi connectivity index (χ0n) is 8.16. The number of nitrogens with one attached hydrogen (secondary N) is 1. The summed E-state index contributed by atoms with van der Waals surface area (Å²) in [6.07, 6.45) is 3.94. The number of ether oxygens (including phenoxy) is 1. The zero-order chi connectivity index (χ0) is 10.3. The topological polar surface area (TPSA) is 37.9 Å². The fourth-order valence-corrected chi connectivity index (χ4v) is 1.56. The highest BCUT2D eigenvalue weighted by atomic mass is 19.1. The first-order valence-electron chi connectivity index (χ1n) is 5.08. The van der Waals surface area contributed by atoms with Gasteiger partial charge in [0.2, 0.25) is 0 Å². The van der Waals surface area contributed by atoms with Gasteiger partial charge in [-0.2, -0.15) is 5.10 Å². The molecule has 3 nitrogen and oxygen atoms in total. The lowest BCUT2D eigenvalue weighted by atomic mass is 10.2. The molecule has 1 aliphatic carbocycles. The summed E-state index contributed by atoms with van der Waals surface area (Å²) in [5.74, 6) is 0.966. The Morgan fingerprint density at radius 1 is 1.47 bits per heavy atom. The Labute approximate surface area is 86.2 Å². The molecule has 78 valence electrons. The number of halogens is 1. The Bertz CT molecular complexity index is 490. The summed E-state index contributed by atoms with van der Waals surface area (Å²) >= 11 is 0. The lowest BCUT2D eigenvalue weighted by Crippen LogP contribution is -1.99. The first-order valence-corrected chi connectivity index (χ1v) is 5.08.